The summed E-state index contributed by atoms with van der Waals surface area (Å²) in [6.07, 6.45) is -0.130. The maximum Gasteiger partial charge on any atom is 0.129 e. The van der Waals surface area contributed by atoms with Crippen LogP contribution >= 0.6 is 0 Å². The molecule has 9 atom stereocenters. The van der Waals surface area contributed by atoms with Crippen LogP contribution in [0, 0.1) is 57.3 Å². The molecule has 0 spiro atoms. The van der Waals surface area contributed by atoms with Crippen LogP contribution in [0.3, 0.4) is 0 Å². The number of rotatable bonds is 104. The number of hydroxylamine groups is 33. The second-order valence-corrected chi connectivity index (χ2v) is 33.5. The minimum atomic E-state index is -1.51. The summed E-state index contributed by atoms with van der Waals surface area (Å²) < 4.78 is 53.2. The molecule has 0 amide bonds. The zero-order valence-electron chi connectivity index (χ0n) is 80.6. The van der Waals surface area contributed by atoms with Gasteiger partial charge in [0.25, 0.3) is 0 Å². The van der Waals surface area contributed by atoms with Gasteiger partial charge in [0.2, 0.25) is 0 Å². The second kappa shape index (κ2) is 82.6. The van der Waals surface area contributed by atoms with Crippen LogP contribution in [0.25, 0.3) is 0 Å². The highest BCUT2D eigenvalue weighted by atomic mass is 16.6. The molecule has 0 aromatic heterocycles. The summed E-state index contributed by atoms with van der Waals surface area (Å²) in [6, 6.07) is 0. The Bertz CT molecular complexity index is 2520. The Hall–Kier alpha value is -1.92. The molecule has 0 saturated carbocycles. The zero-order valence-corrected chi connectivity index (χ0v) is 80.6. The van der Waals surface area contributed by atoms with Crippen LogP contribution < -0.4 is 35.7 Å². The van der Waals surface area contributed by atoms with E-state index in [-0.39, 0.29) is 361 Å². The van der Waals surface area contributed by atoms with Crippen LogP contribution in [0.5, 0.6) is 0 Å². The van der Waals surface area contributed by atoms with Gasteiger partial charge >= 0.3 is 0 Å². The summed E-state index contributed by atoms with van der Waals surface area (Å²) in [5, 5.41) is 310. The van der Waals surface area contributed by atoms with Crippen molar-refractivity contribution in [2.24, 2.45) is 0 Å². The monoisotopic (exact) mass is 1930 g/mol. The van der Waals surface area contributed by atoms with Crippen molar-refractivity contribution in [3.8, 4) is 0 Å². The minimum absolute atomic E-state index is 0.000975. The fourth-order valence-corrected chi connectivity index (χ4v) is 14.5. The van der Waals surface area contributed by atoms with E-state index in [9.17, 15) is 77.0 Å². The topological polar surface area (TPSA) is 650 Å². The number of hydrogen-bond acceptors (Lipinski definition) is 37. The number of aliphatic hydroxyl groups excluding tert-OH is 6. The first-order chi connectivity index (χ1) is 63.3. The third-order valence-electron chi connectivity index (χ3n) is 22.9. The normalized spacial score (nSPS) is 16.5. The van der Waals surface area contributed by atoms with Gasteiger partial charge < -0.3 is 232 Å². The summed E-state index contributed by atoms with van der Waals surface area (Å²) >= 11 is 0. The van der Waals surface area contributed by atoms with Crippen LogP contribution in [-0.4, -0.2) is 567 Å². The van der Waals surface area contributed by atoms with Crippen molar-refractivity contribution in [2.75, 3.05) is 480 Å². The maximum atomic E-state index is 16.7. The van der Waals surface area contributed by atoms with E-state index in [4.69, 9.17) is 67.1 Å². The van der Waals surface area contributed by atoms with Gasteiger partial charge in [-0.1, -0.05) is 27.2 Å². The van der Waals surface area contributed by atoms with Crippen molar-refractivity contribution in [1.29, 1.82) is 0 Å². The van der Waals surface area contributed by atoms with E-state index in [1.54, 1.807) is 11.8 Å². The van der Waals surface area contributed by atoms with E-state index in [1.165, 1.54) is 0 Å². The predicted octanol–water partition coefficient (Wildman–Crippen LogP) is -8.41. The Morgan fingerprint density at radius 3 is 0.470 bits per heavy atom. The van der Waals surface area contributed by atoms with Gasteiger partial charge in [-0.25, -0.2) is 0 Å². The number of hydrogen-bond donors (Lipinski definition) is 6. The average Bonchev–Trinajstić information content (AvgIpc) is 0.818. The van der Waals surface area contributed by atoms with Crippen LogP contribution in [-0.2, 0) is 56.8 Å². The van der Waals surface area contributed by atoms with Gasteiger partial charge in [-0.2, -0.15) is 0 Å². The molecule has 6 N–H and O–H groups in total. The Labute approximate surface area is 785 Å². The standard InChI is InChI=1S/C82H171N12O36.C2H6/c1-2-13-84(108,40-59-119-71-77-125-65-53-102)22-34-92(116,43-62-122-74-80-128-68-56-105)37-31-90(114,28-23-86(110,16-6-49-98)17-7-50-99)32-38-94(118,45-64-124-76-82-130-70-58-107)39-33-91(115,29-24-87(111,18-8-51-100)41-60-120-72-78-126-66-54-103)30-26-89(113,21-12-83(10-3-46-95)11-20-85(109,14-4-47-96)15-5-48-97)27-36-93(117,44-63-123-75-81-129-69-57-106)35-25-88(112,19-9-52-101)42-61-121-73-79-127-67-55-104;1-2/h102-107H,2-82H2,1H3;1-2H3/q-7;. The Morgan fingerprint density at radius 1 is 0.167 bits per heavy atom. The van der Waals surface area contributed by atoms with E-state index in [0.29, 0.717) is 6.42 Å². The smallest absolute Gasteiger partial charge is 0.129 e. The molecule has 9 unspecified atom stereocenters. The fourth-order valence-electron chi connectivity index (χ4n) is 14.5. The summed E-state index contributed by atoms with van der Waals surface area (Å²) in [5.74, 6) is 0. The maximum absolute atomic E-state index is 16.7. The Kier molecular flexibility index (Phi) is 82.7. The van der Waals surface area contributed by atoms with Crippen LogP contribution in [0.2, 0.25) is 0 Å². The molecule has 0 aliphatic rings. The SMILES string of the molecule is CC.CCC[N+]([O-])(CCOCCOCCO)CC[N+]([O-])(CCOCCOCCO)CC[N+]([O-])(CC[N+]([O-])(CCC[O-])CCC[O-])CC[N+]([O-])(CCOCCOCCO)CC[N+]([O-])(CC[N+]([O-])(CCC[O-])CCOCCOCCO)CC[N+]([O-])(CCN(CCC[O-])CC[N+]([O-])(CCC[O-])CCC[O-])CC[N+]([O-])(CCOCCOCCO)CC[N+]([O-])(CCC[O-])CCOCCOCCO. The first-order valence-corrected chi connectivity index (χ1v) is 47.9. The lowest BCUT2D eigenvalue weighted by Gasteiger charge is -2.54. The highest BCUT2D eigenvalue weighted by Gasteiger charge is 2.37. The molecule has 0 aliphatic carbocycles. The van der Waals surface area contributed by atoms with Gasteiger partial charge in [0.05, 0.1) is 257 Å². The van der Waals surface area contributed by atoms with Gasteiger partial charge in [-0.05, 0) is 51.5 Å². The van der Waals surface area contributed by atoms with Crippen molar-refractivity contribution >= 4 is 0 Å². The number of aliphatic hydroxyl groups is 6. The third kappa shape index (κ3) is 70.7. The highest BCUT2D eigenvalue weighted by molar-refractivity contribution is 4.66. The third-order valence-corrected chi connectivity index (χ3v) is 22.9. The molecule has 0 rings (SSSR count). The Morgan fingerprint density at radius 2 is 0.303 bits per heavy atom. The molecule has 796 valence electrons. The number of quaternary nitrogens is 11. The van der Waals surface area contributed by atoms with E-state index in [1.807, 2.05) is 13.8 Å². The van der Waals surface area contributed by atoms with Gasteiger partial charge in [0, 0.05) is 13.1 Å². The molecule has 0 heterocycles. The lowest BCUT2D eigenvalue weighted by Crippen LogP contribution is -2.64. The summed E-state index contributed by atoms with van der Waals surface area (Å²) in [4.78, 5) is 1.69. The first kappa shape index (κ1) is 132. The second-order valence-electron chi connectivity index (χ2n) is 33.5. The molecule has 48 heteroatoms. The average molecular weight is 1930 g/mol. The largest absolute Gasteiger partial charge is 0.854 e. The van der Waals surface area contributed by atoms with Crippen molar-refractivity contribution in [1.82, 2.24) is 4.90 Å². The summed E-state index contributed by atoms with van der Waals surface area (Å²) in [5.41, 5.74) is 0. The van der Waals surface area contributed by atoms with Crippen molar-refractivity contribution < 1.29 is 174 Å². The summed E-state index contributed by atoms with van der Waals surface area (Å²) in [6.45, 7) is -15.3. The Balaban J connectivity index is 0. The molecule has 0 fully saturated rings. The molecule has 0 aromatic carbocycles. The van der Waals surface area contributed by atoms with E-state index >= 15 is 36.5 Å². The van der Waals surface area contributed by atoms with Crippen LogP contribution in [0.15, 0.2) is 0 Å². The van der Waals surface area contributed by atoms with Gasteiger partial charge in [0.1, 0.15) is 157 Å². The molecule has 48 nitrogen and oxygen atoms in total. The first-order valence-electron chi connectivity index (χ1n) is 47.9. The molecular weight excluding hydrogens is 1750 g/mol. The molecule has 0 saturated heterocycles. The van der Waals surface area contributed by atoms with Gasteiger partial charge in [-0.3, -0.25) is 4.90 Å². The lowest BCUT2D eigenvalue weighted by molar-refractivity contribution is -0.993. The molecular formula is C84H177N12O36-7. The number of ether oxygens (including phenoxy) is 12. The van der Waals surface area contributed by atoms with Gasteiger partial charge in [0.15, 0.2) is 0 Å². The highest BCUT2D eigenvalue weighted by Crippen LogP contribution is 2.23. The molecule has 0 aliphatic heterocycles. The van der Waals surface area contributed by atoms with E-state index in [2.05, 4.69) is 0 Å². The van der Waals surface area contributed by atoms with Gasteiger partial charge in [-0.15, -0.1) is 46.2 Å². The molecule has 0 bridgehead atoms. The minimum Gasteiger partial charge on any atom is -0.854 e. The van der Waals surface area contributed by atoms with Crippen molar-refractivity contribution in [3.05, 3.63) is 57.3 Å². The van der Waals surface area contributed by atoms with E-state index < -0.39 is 215 Å². The van der Waals surface area contributed by atoms with Crippen molar-refractivity contribution in [3.63, 3.8) is 0 Å². The quantitative estimate of drug-likeness (QED) is 0.0187. The fraction of sp³-hybridized carbons (Fsp3) is 1.00. The van der Waals surface area contributed by atoms with Crippen LogP contribution in [0.1, 0.15) is 72.1 Å². The summed E-state index contributed by atoms with van der Waals surface area (Å²) in [7, 11) is 0. The molecule has 0 aromatic rings. The molecule has 0 radical (unpaired) electrons. The van der Waals surface area contributed by atoms with Crippen molar-refractivity contribution in [2.45, 2.75) is 72.1 Å². The molecule has 132 heavy (non-hydrogen) atoms. The van der Waals surface area contributed by atoms with E-state index in [0.717, 1.165) is 0 Å². The zero-order chi connectivity index (χ0) is 98.8. The number of nitrogens with zero attached hydrogens (tertiary/aromatic N) is 12. The lowest BCUT2D eigenvalue weighted by atomic mass is 10.2. The van der Waals surface area contributed by atoms with Crippen LogP contribution in [0.4, 0.5) is 0 Å². The predicted molar refractivity (Wildman–Crippen MR) is 477 cm³/mol.